The van der Waals surface area contributed by atoms with Crippen molar-refractivity contribution in [2.45, 2.75) is 19.8 Å². The predicted molar refractivity (Wildman–Crippen MR) is 104 cm³/mol. The molecule has 0 atom stereocenters. The van der Waals surface area contributed by atoms with Gasteiger partial charge in [0.1, 0.15) is 6.61 Å². The Hall–Kier alpha value is -2.82. The molecule has 0 bridgehead atoms. The number of nitrogens with zero attached hydrogens (tertiary/aromatic N) is 2. The Morgan fingerprint density at radius 1 is 1.12 bits per heavy atom. The molecule has 0 amide bonds. The van der Waals surface area contributed by atoms with Crippen LogP contribution in [0, 0.1) is 5.82 Å². The molecule has 4 nitrogen and oxygen atoms in total. The average molecular weight is 354 g/mol. The van der Waals surface area contributed by atoms with E-state index < -0.39 is 11.6 Å². The van der Waals surface area contributed by atoms with Crippen LogP contribution in [0.4, 0.5) is 10.1 Å². The highest BCUT2D eigenvalue weighted by molar-refractivity contribution is 5.85. The normalized spacial score (nSPS) is 14.6. The van der Waals surface area contributed by atoms with Crippen molar-refractivity contribution in [1.82, 2.24) is 0 Å². The Morgan fingerprint density at radius 2 is 1.81 bits per heavy atom. The van der Waals surface area contributed by atoms with Crippen molar-refractivity contribution >= 4 is 24.1 Å². The molecular weight excluding hydrogens is 331 g/mol. The molecule has 0 radical (unpaired) electrons. The molecule has 0 saturated carbocycles. The molecular formula is C21H23FN2O2. The third-order valence-corrected chi connectivity index (χ3v) is 4.34. The number of hydrogen-bond donors (Lipinski definition) is 1. The lowest BCUT2D eigenvalue weighted by Gasteiger charge is -2.17. The van der Waals surface area contributed by atoms with Crippen LogP contribution < -0.4 is 4.90 Å². The summed E-state index contributed by atoms with van der Waals surface area (Å²) in [6, 6.07) is 11.3. The van der Waals surface area contributed by atoms with Crippen LogP contribution in [0.5, 0.6) is 5.75 Å². The molecule has 136 valence electrons. The third kappa shape index (κ3) is 4.42. The first-order valence-electron chi connectivity index (χ1n) is 8.88. The number of aromatic hydroxyl groups is 1. The number of halogens is 1. The molecule has 0 unspecified atom stereocenters. The number of phenols is 1. The molecule has 26 heavy (non-hydrogen) atoms. The number of phenolic OH excluding ortho intramolecular Hbond substituents is 1. The highest BCUT2D eigenvalue weighted by Crippen LogP contribution is 2.24. The minimum absolute atomic E-state index is 0.280. The number of rotatable bonds is 6. The summed E-state index contributed by atoms with van der Waals surface area (Å²) in [6.45, 7) is 4.45. The fraction of sp³-hybridized carbons (Fsp3) is 0.286. The second-order valence-electron chi connectivity index (χ2n) is 6.21. The first kappa shape index (κ1) is 18.0. The van der Waals surface area contributed by atoms with Crippen molar-refractivity contribution in [3.05, 3.63) is 58.9 Å². The first-order valence-corrected chi connectivity index (χ1v) is 8.88. The summed E-state index contributed by atoms with van der Waals surface area (Å²) >= 11 is 0. The molecule has 1 aliphatic heterocycles. The maximum Gasteiger partial charge on any atom is 0.166 e. The van der Waals surface area contributed by atoms with Gasteiger partial charge in [-0.1, -0.05) is 29.4 Å². The van der Waals surface area contributed by atoms with Gasteiger partial charge in [0, 0.05) is 24.3 Å². The number of benzene rings is 2. The number of hydrogen-bond acceptors (Lipinski definition) is 4. The highest BCUT2D eigenvalue weighted by Gasteiger charge is 2.11. The van der Waals surface area contributed by atoms with Crippen molar-refractivity contribution in [3.8, 4) is 5.75 Å². The molecule has 1 saturated heterocycles. The molecule has 0 spiro atoms. The molecule has 0 aromatic heterocycles. The van der Waals surface area contributed by atoms with E-state index in [0.717, 1.165) is 18.7 Å². The van der Waals surface area contributed by atoms with Gasteiger partial charge in [-0.3, -0.25) is 0 Å². The van der Waals surface area contributed by atoms with Gasteiger partial charge < -0.3 is 14.8 Å². The molecule has 1 heterocycles. The van der Waals surface area contributed by atoms with Crippen LogP contribution in [0.25, 0.3) is 12.2 Å². The smallest absolute Gasteiger partial charge is 0.166 e. The van der Waals surface area contributed by atoms with Gasteiger partial charge in [0.15, 0.2) is 11.6 Å². The molecule has 5 heteroatoms. The molecule has 1 fully saturated rings. The topological polar surface area (TPSA) is 45.1 Å². The van der Waals surface area contributed by atoms with Crippen LogP contribution in [0.1, 0.15) is 36.5 Å². The number of anilines is 1. The van der Waals surface area contributed by atoms with Gasteiger partial charge in [0.05, 0.1) is 6.21 Å². The second-order valence-corrected chi connectivity index (χ2v) is 6.21. The zero-order valence-electron chi connectivity index (χ0n) is 14.9. The van der Waals surface area contributed by atoms with Crippen LogP contribution in [0.3, 0.4) is 0 Å². The summed E-state index contributed by atoms with van der Waals surface area (Å²) in [5, 5.41) is 13.5. The zero-order valence-corrected chi connectivity index (χ0v) is 14.9. The summed E-state index contributed by atoms with van der Waals surface area (Å²) in [6.07, 6.45) is 7.55. The Balaban J connectivity index is 1.75. The van der Waals surface area contributed by atoms with Crippen LogP contribution >= 0.6 is 0 Å². The fourth-order valence-electron chi connectivity index (χ4n) is 2.97. The van der Waals surface area contributed by atoms with Gasteiger partial charge in [-0.15, -0.1) is 0 Å². The molecule has 2 aromatic rings. The van der Waals surface area contributed by atoms with Crippen molar-refractivity contribution in [3.63, 3.8) is 0 Å². The molecule has 1 aliphatic rings. The Morgan fingerprint density at radius 3 is 2.50 bits per heavy atom. The first-order chi connectivity index (χ1) is 12.7. The monoisotopic (exact) mass is 354 g/mol. The quantitative estimate of drug-likeness (QED) is 0.466. The van der Waals surface area contributed by atoms with E-state index >= 15 is 0 Å². The van der Waals surface area contributed by atoms with E-state index in [-0.39, 0.29) is 5.56 Å². The Labute approximate surface area is 153 Å². The summed E-state index contributed by atoms with van der Waals surface area (Å²) in [7, 11) is 0. The van der Waals surface area contributed by atoms with Gasteiger partial charge in [-0.25, -0.2) is 4.39 Å². The van der Waals surface area contributed by atoms with Gasteiger partial charge in [-0.2, -0.15) is 0 Å². The minimum atomic E-state index is -0.686. The van der Waals surface area contributed by atoms with Crippen LogP contribution in [-0.4, -0.2) is 31.0 Å². The maximum absolute atomic E-state index is 13.9. The van der Waals surface area contributed by atoms with Gasteiger partial charge >= 0.3 is 0 Å². The van der Waals surface area contributed by atoms with E-state index in [1.54, 1.807) is 13.0 Å². The summed E-state index contributed by atoms with van der Waals surface area (Å²) in [5.41, 5.74) is 3.19. The lowest BCUT2D eigenvalue weighted by Crippen LogP contribution is -2.17. The molecule has 1 N–H and O–H groups in total. The Bertz CT molecular complexity index is 794. The Kier molecular flexibility index (Phi) is 5.89. The van der Waals surface area contributed by atoms with E-state index in [9.17, 15) is 9.50 Å². The van der Waals surface area contributed by atoms with E-state index in [1.807, 2.05) is 12.2 Å². The van der Waals surface area contributed by atoms with Crippen LogP contribution in [0.2, 0.25) is 0 Å². The van der Waals surface area contributed by atoms with Gasteiger partial charge in [-0.05, 0) is 55.2 Å². The molecule has 0 aliphatic carbocycles. The van der Waals surface area contributed by atoms with E-state index in [0.29, 0.717) is 12.2 Å². The predicted octanol–water partition coefficient (Wildman–Crippen LogP) is 4.67. The maximum atomic E-state index is 13.9. The zero-order chi connectivity index (χ0) is 18.4. The van der Waals surface area contributed by atoms with Crippen molar-refractivity contribution in [2.75, 3.05) is 24.6 Å². The summed E-state index contributed by atoms with van der Waals surface area (Å²) in [5.74, 6) is -1.12. The summed E-state index contributed by atoms with van der Waals surface area (Å²) in [4.78, 5) is 7.25. The van der Waals surface area contributed by atoms with Crippen molar-refractivity contribution in [2.24, 2.45) is 5.16 Å². The second kappa shape index (κ2) is 8.52. The van der Waals surface area contributed by atoms with Gasteiger partial charge in [0.25, 0.3) is 0 Å². The van der Waals surface area contributed by atoms with E-state index in [4.69, 9.17) is 4.84 Å². The standard InChI is InChI=1S/C21H23FN2O2/c1-2-26-23-15-18-13-17(14-20(22)21(18)25)6-5-16-7-9-19(10-8-16)24-11-3-4-12-24/h5-10,13-15,25H,2-4,11-12H2,1H3/b6-5+,23-15+. The summed E-state index contributed by atoms with van der Waals surface area (Å²) < 4.78 is 13.9. The highest BCUT2D eigenvalue weighted by atomic mass is 19.1. The van der Waals surface area contributed by atoms with E-state index in [1.165, 1.54) is 30.8 Å². The number of oxime groups is 1. The molecule has 2 aromatic carbocycles. The third-order valence-electron chi connectivity index (χ3n) is 4.34. The average Bonchev–Trinajstić information content (AvgIpc) is 3.19. The van der Waals surface area contributed by atoms with Crippen molar-refractivity contribution in [1.29, 1.82) is 0 Å². The lowest BCUT2D eigenvalue weighted by molar-refractivity contribution is 0.160. The van der Waals surface area contributed by atoms with Gasteiger partial charge in [0.2, 0.25) is 0 Å². The van der Waals surface area contributed by atoms with Crippen LogP contribution in [0.15, 0.2) is 41.6 Å². The minimum Gasteiger partial charge on any atom is -0.504 e. The largest absolute Gasteiger partial charge is 0.504 e. The van der Waals surface area contributed by atoms with Crippen LogP contribution in [-0.2, 0) is 4.84 Å². The lowest BCUT2D eigenvalue weighted by atomic mass is 10.1. The molecule has 3 rings (SSSR count). The fourth-order valence-corrected chi connectivity index (χ4v) is 2.97. The van der Waals surface area contributed by atoms with E-state index in [2.05, 4.69) is 34.3 Å². The van der Waals surface area contributed by atoms with Crippen molar-refractivity contribution < 1.29 is 14.3 Å². The SMILES string of the molecule is CCO/N=C/c1cc(/C=C/c2ccc(N3CCCC3)cc2)cc(F)c1O.